The monoisotopic (exact) mass is 835 g/mol. The summed E-state index contributed by atoms with van der Waals surface area (Å²) in [6.45, 7) is 11.3. The Bertz CT molecular complexity index is 900. The molecule has 0 bridgehead atoms. The molecule has 59 heavy (non-hydrogen) atoms. The molecule has 1 atom stereocenters. The SMILES string of the molecule is CCCCCCCCCCCCCCCCCCC(=O)O[C@@H](COC(=O)CCCCCCCCCCCCCCCC(C)C)COC(=O)CCCCCCCCC(C)C. The number of hydrogen-bond acceptors (Lipinski definition) is 6. The molecule has 0 heterocycles. The van der Waals surface area contributed by atoms with E-state index in [4.69, 9.17) is 14.2 Å². The van der Waals surface area contributed by atoms with E-state index in [1.54, 1.807) is 0 Å². The summed E-state index contributed by atoms with van der Waals surface area (Å²) >= 11 is 0. The lowest BCUT2D eigenvalue weighted by Crippen LogP contribution is -2.30. The van der Waals surface area contributed by atoms with E-state index >= 15 is 0 Å². The Morgan fingerprint density at radius 1 is 0.322 bits per heavy atom. The highest BCUT2D eigenvalue weighted by atomic mass is 16.6. The molecule has 350 valence electrons. The summed E-state index contributed by atoms with van der Waals surface area (Å²) in [5.74, 6) is 0.751. The van der Waals surface area contributed by atoms with Crippen molar-refractivity contribution in [2.24, 2.45) is 11.8 Å². The third-order valence-corrected chi connectivity index (χ3v) is 12.0. The van der Waals surface area contributed by atoms with Gasteiger partial charge in [-0.25, -0.2) is 0 Å². The maximum atomic E-state index is 12.8. The summed E-state index contributed by atoms with van der Waals surface area (Å²) in [7, 11) is 0. The van der Waals surface area contributed by atoms with Gasteiger partial charge in [-0.2, -0.15) is 0 Å². The first-order chi connectivity index (χ1) is 28.7. The molecule has 0 radical (unpaired) electrons. The highest BCUT2D eigenvalue weighted by Crippen LogP contribution is 2.17. The Labute approximate surface area is 368 Å². The second-order valence-electron chi connectivity index (χ2n) is 19.1. The molecule has 6 nitrogen and oxygen atoms in total. The van der Waals surface area contributed by atoms with Crippen LogP contribution in [-0.2, 0) is 28.6 Å². The Hall–Kier alpha value is -1.59. The molecule has 0 amide bonds. The van der Waals surface area contributed by atoms with E-state index < -0.39 is 6.10 Å². The van der Waals surface area contributed by atoms with Crippen LogP contribution in [-0.4, -0.2) is 37.2 Å². The van der Waals surface area contributed by atoms with Gasteiger partial charge in [-0.3, -0.25) is 14.4 Å². The summed E-state index contributed by atoms with van der Waals surface area (Å²) < 4.78 is 16.8. The fourth-order valence-electron chi connectivity index (χ4n) is 7.99. The number of rotatable bonds is 47. The van der Waals surface area contributed by atoms with Crippen molar-refractivity contribution in [3.8, 4) is 0 Å². The van der Waals surface area contributed by atoms with Crippen LogP contribution in [0, 0.1) is 11.8 Å². The quantitative estimate of drug-likeness (QED) is 0.0345. The van der Waals surface area contributed by atoms with E-state index in [0.29, 0.717) is 19.3 Å². The van der Waals surface area contributed by atoms with Crippen LogP contribution >= 0.6 is 0 Å². The minimum Gasteiger partial charge on any atom is -0.462 e. The molecular formula is C53H102O6. The lowest BCUT2D eigenvalue weighted by atomic mass is 10.0. The van der Waals surface area contributed by atoms with E-state index in [0.717, 1.165) is 69.6 Å². The van der Waals surface area contributed by atoms with Crippen LogP contribution in [0.15, 0.2) is 0 Å². The molecular weight excluding hydrogens is 733 g/mol. The van der Waals surface area contributed by atoms with Crippen molar-refractivity contribution in [2.45, 2.75) is 298 Å². The highest BCUT2D eigenvalue weighted by Gasteiger charge is 2.19. The first-order valence-electron chi connectivity index (χ1n) is 26.2. The van der Waals surface area contributed by atoms with Gasteiger partial charge in [0.2, 0.25) is 0 Å². The molecule has 0 N–H and O–H groups in total. The van der Waals surface area contributed by atoms with Gasteiger partial charge in [0.1, 0.15) is 13.2 Å². The van der Waals surface area contributed by atoms with Crippen LogP contribution in [0.25, 0.3) is 0 Å². The zero-order chi connectivity index (χ0) is 43.3. The first-order valence-corrected chi connectivity index (χ1v) is 26.2. The Morgan fingerprint density at radius 2 is 0.559 bits per heavy atom. The van der Waals surface area contributed by atoms with Gasteiger partial charge in [0.05, 0.1) is 0 Å². The molecule has 6 heteroatoms. The first kappa shape index (κ1) is 57.4. The van der Waals surface area contributed by atoms with Crippen LogP contribution in [0.5, 0.6) is 0 Å². The summed E-state index contributed by atoms with van der Waals surface area (Å²) in [4.78, 5) is 37.9. The van der Waals surface area contributed by atoms with Crippen molar-refractivity contribution in [2.75, 3.05) is 13.2 Å². The van der Waals surface area contributed by atoms with Crippen molar-refractivity contribution in [1.82, 2.24) is 0 Å². The fourth-order valence-corrected chi connectivity index (χ4v) is 7.99. The predicted octanol–water partition coefficient (Wildman–Crippen LogP) is 16.9. The lowest BCUT2D eigenvalue weighted by Gasteiger charge is -2.18. The van der Waals surface area contributed by atoms with Gasteiger partial charge in [0.15, 0.2) is 6.10 Å². The lowest BCUT2D eigenvalue weighted by molar-refractivity contribution is -0.167. The summed E-state index contributed by atoms with van der Waals surface area (Å²) in [5.41, 5.74) is 0. The van der Waals surface area contributed by atoms with E-state index in [-0.39, 0.29) is 31.1 Å². The average molecular weight is 835 g/mol. The van der Waals surface area contributed by atoms with Gasteiger partial charge in [0, 0.05) is 19.3 Å². The molecule has 0 aliphatic rings. The maximum absolute atomic E-state index is 12.8. The molecule has 0 spiro atoms. The van der Waals surface area contributed by atoms with Gasteiger partial charge in [-0.15, -0.1) is 0 Å². The standard InChI is InChI=1S/C53H102O6/c1-6-7-8-9-10-11-12-13-14-15-18-22-25-28-35-40-45-53(56)59-50(47-58-52(55)44-39-34-30-29-32-37-42-49(4)5)46-57-51(54)43-38-33-27-24-21-19-16-17-20-23-26-31-36-41-48(2)3/h48-50H,6-47H2,1-5H3/t50-/m0/s1. The third-order valence-electron chi connectivity index (χ3n) is 12.0. The number of carbonyl (C=O) groups is 3. The number of carbonyl (C=O) groups excluding carboxylic acids is 3. The van der Waals surface area contributed by atoms with E-state index in [2.05, 4.69) is 34.6 Å². The largest absolute Gasteiger partial charge is 0.462 e. The van der Waals surface area contributed by atoms with Gasteiger partial charge >= 0.3 is 17.9 Å². The van der Waals surface area contributed by atoms with Crippen molar-refractivity contribution in [1.29, 1.82) is 0 Å². The van der Waals surface area contributed by atoms with Crippen molar-refractivity contribution >= 4 is 17.9 Å². The summed E-state index contributed by atoms with van der Waals surface area (Å²) in [5, 5.41) is 0. The Kier molecular flexibility index (Phi) is 44.7. The van der Waals surface area contributed by atoms with Crippen LogP contribution in [0.4, 0.5) is 0 Å². The molecule has 0 fully saturated rings. The van der Waals surface area contributed by atoms with Crippen molar-refractivity contribution in [3.63, 3.8) is 0 Å². The van der Waals surface area contributed by atoms with Crippen molar-refractivity contribution in [3.05, 3.63) is 0 Å². The zero-order valence-corrected chi connectivity index (χ0v) is 40.4. The van der Waals surface area contributed by atoms with Gasteiger partial charge in [0.25, 0.3) is 0 Å². The molecule has 0 saturated heterocycles. The summed E-state index contributed by atoms with van der Waals surface area (Å²) in [6.07, 6.45) is 46.7. The minimum atomic E-state index is -0.762. The van der Waals surface area contributed by atoms with E-state index in [1.807, 2.05) is 0 Å². The highest BCUT2D eigenvalue weighted by molar-refractivity contribution is 5.71. The zero-order valence-electron chi connectivity index (χ0n) is 40.4. The normalized spacial score (nSPS) is 12.1. The predicted molar refractivity (Wildman–Crippen MR) is 252 cm³/mol. The minimum absolute atomic E-state index is 0.0644. The maximum Gasteiger partial charge on any atom is 0.306 e. The Morgan fingerprint density at radius 3 is 0.831 bits per heavy atom. The molecule has 0 rings (SSSR count). The van der Waals surface area contributed by atoms with Crippen LogP contribution in [0.2, 0.25) is 0 Å². The molecule has 0 aliphatic heterocycles. The molecule has 0 aromatic heterocycles. The molecule has 0 aliphatic carbocycles. The number of esters is 3. The number of hydrogen-bond donors (Lipinski definition) is 0. The van der Waals surface area contributed by atoms with Gasteiger partial charge in [-0.1, -0.05) is 253 Å². The van der Waals surface area contributed by atoms with Crippen LogP contribution in [0.1, 0.15) is 291 Å². The van der Waals surface area contributed by atoms with Gasteiger partial charge < -0.3 is 14.2 Å². The smallest absolute Gasteiger partial charge is 0.306 e. The Balaban J connectivity index is 4.26. The third kappa shape index (κ3) is 47.3. The van der Waals surface area contributed by atoms with Gasteiger partial charge in [-0.05, 0) is 31.1 Å². The molecule has 0 aromatic carbocycles. The average Bonchev–Trinajstić information content (AvgIpc) is 3.20. The van der Waals surface area contributed by atoms with E-state index in [9.17, 15) is 14.4 Å². The second-order valence-corrected chi connectivity index (χ2v) is 19.1. The molecule has 0 aromatic rings. The topological polar surface area (TPSA) is 78.9 Å². The second kappa shape index (κ2) is 45.9. The molecule has 0 unspecified atom stereocenters. The summed E-state index contributed by atoms with van der Waals surface area (Å²) in [6, 6.07) is 0. The van der Waals surface area contributed by atoms with Crippen molar-refractivity contribution < 1.29 is 28.6 Å². The number of unbranched alkanes of at least 4 members (excludes halogenated alkanes) is 32. The van der Waals surface area contributed by atoms with Crippen LogP contribution < -0.4 is 0 Å². The van der Waals surface area contributed by atoms with E-state index in [1.165, 1.54) is 180 Å². The molecule has 0 saturated carbocycles. The van der Waals surface area contributed by atoms with Crippen LogP contribution in [0.3, 0.4) is 0 Å². The fraction of sp³-hybridized carbons (Fsp3) is 0.943. The number of ether oxygens (including phenoxy) is 3.